The van der Waals surface area contributed by atoms with Gasteiger partial charge in [-0.25, -0.2) is 0 Å². The Kier molecular flexibility index (Phi) is 17.8. The van der Waals surface area contributed by atoms with Crippen molar-refractivity contribution in [2.45, 2.75) is 144 Å². The fourth-order valence-corrected chi connectivity index (χ4v) is 4.37. The molecule has 3 N–H and O–H groups in total. The average molecular weight is 536 g/mol. The van der Waals surface area contributed by atoms with E-state index in [0.29, 0.717) is 6.42 Å². The Balaban J connectivity index is 0.00000213. The van der Waals surface area contributed by atoms with Crippen LogP contribution in [0.3, 0.4) is 0 Å². The summed E-state index contributed by atoms with van der Waals surface area (Å²) in [5.74, 6) is -0.702. The highest BCUT2D eigenvalue weighted by Gasteiger charge is 2.54. The number of nitrogens with one attached hydrogen (secondary N) is 1. The second-order valence-corrected chi connectivity index (χ2v) is 10.3. The molecule has 38 heavy (non-hydrogen) atoms. The quantitative estimate of drug-likeness (QED) is 0.355. The van der Waals surface area contributed by atoms with Gasteiger partial charge in [0, 0.05) is 13.1 Å². The van der Waals surface area contributed by atoms with Crippen LogP contribution in [0.25, 0.3) is 0 Å². The Morgan fingerprint density at radius 2 is 1.55 bits per heavy atom. The maximum absolute atomic E-state index is 12.9. The van der Waals surface area contributed by atoms with Gasteiger partial charge in [-0.1, -0.05) is 65.3 Å². The van der Waals surface area contributed by atoms with Crippen molar-refractivity contribution in [1.29, 1.82) is 0 Å². The van der Waals surface area contributed by atoms with Crippen LogP contribution in [0.5, 0.6) is 0 Å². The molecule has 1 aliphatic carbocycles. The summed E-state index contributed by atoms with van der Waals surface area (Å²) in [5.41, 5.74) is 6.50. The van der Waals surface area contributed by atoms with Crippen molar-refractivity contribution in [1.82, 2.24) is 10.2 Å². The number of nitrogens with two attached hydrogens (primary N) is 1. The SMILES string of the molecule is CC.CC.CC.CC1(C)OB(C(CCCC2=CCCC=C2)NC(=O)C(N)CC(=O)N2CCCC2)OC1(C)C. The van der Waals surface area contributed by atoms with Gasteiger partial charge in [0.25, 0.3) is 0 Å². The van der Waals surface area contributed by atoms with E-state index in [4.69, 9.17) is 15.0 Å². The molecule has 2 heterocycles. The van der Waals surface area contributed by atoms with Crippen LogP contribution in [0.4, 0.5) is 0 Å². The predicted molar refractivity (Wildman–Crippen MR) is 161 cm³/mol. The molecular weight excluding hydrogens is 477 g/mol. The molecule has 2 saturated heterocycles. The lowest BCUT2D eigenvalue weighted by molar-refractivity contribution is -0.133. The largest absolute Gasteiger partial charge is 0.481 e. The number of carbonyl (C=O) groups excluding carboxylic acids is 2. The smallest absolute Gasteiger partial charge is 0.402 e. The molecule has 2 aliphatic heterocycles. The first kappa shape index (κ1) is 36.4. The van der Waals surface area contributed by atoms with E-state index in [0.717, 1.165) is 51.6 Å². The number of rotatable bonds is 9. The maximum atomic E-state index is 12.9. The van der Waals surface area contributed by atoms with E-state index < -0.39 is 24.4 Å². The highest BCUT2D eigenvalue weighted by atomic mass is 16.7. The monoisotopic (exact) mass is 535 g/mol. The minimum Gasteiger partial charge on any atom is -0.402 e. The molecule has 0 saturated carbocycles. The maximum Gasteiger partial charge on any atom is 0.481 e. The molecule has 2 atom stereocenters. The van der Waals surface area contributed by atoms with Gasteiger partial charge in [0.1, 0.15) is 0 Å². The first-order valence-corrected chi connectivity index (χ1v) is 15.1. The van der Waals surface area contributed by atoms with E-state index >= 15 is 0 Å². The first-order chi connectivity index (χ1) is 18.1. The third kappa shape index (κ3) is 11.2. The highest BCUT2D eigenvalue weighted by molar-refractivity contribution is 6.48. The molecule has 0 bridgehead atoms. The van der Waals surface area contributed by atoms with Crippen molar-refractivity contribution in [2.75, 3.05) is 13.1 Å². The molecule has 8 heteroatoms. The van der Waals surface area contributed by atoms with Crippen molar-refractivity contribution in [3.8, 4) is 0 Å². The standard InChI is InChI=1S/C24H40BN3O4.3C2H6/c1-23(2)24(3,4)32-25(31-23)20(14-10-13-18-11-6-5-7-12-18)27-22(30)19(26)17-21(29)28-15-8-9-16-28;3*1-2/h6,11-12,19-20H,5,7-10,13-17,26H2,1-4H3,(H,27,30);3*1-2H3. The van der Waals surface area contributed by atoms with Crippen LogP contribution in [0.15, 0.2) is 23.8 Å². The molecule has 2 fully saturated rings. The number of hydrogen-bond donors (Lipinski definition) is 2. The lowest BCUT2D eigenvalue weighted by atomic mass is 9.75. The molecule has 3 rings (SSSR count). The van der Waals surface area contributed by atoms with Gasteiger partial charge >= 0.3 is 7.12 Å². The number of carbonyl (C=O) groups is 2. The minimum absolute atomic E-state index is 0.0274. The molecule has 2 unspecified atom stereocenters. The Labute approximate surface area is 234 Å². The molecule has 2 amide bonds. The third-order valence-electron chi connectivity index (χ3n) is 7.17. The molecule has 0 aromatic rings. The fraction of sp³-hybridized carbons (Fsp3) is 0.800. The second-order valence-electron chi connectivity index (χ2n) is 10.3. The van der Waals surface area contributed by atoms with Crippen LogP contribution < -0.4 is 11.1 Å². The van der Waals surface area contributed by atoms with Crippen LogP contribution >= 0.6 is 0 Å². The summed E-state index contributed by atoms with van der Waals surface area (Å²) >= 11 is 0. The van der Waals surface area contributed by atoms with Crippen molar-refractivity contribution in [3.63, 3.8) is 0 Å². The van der Waals surface area contributed by atoms with E-state index in [2.05, 4.69) is 23.5 Å². The number of nitrogens with zero attached hydrogens (tertiary/aromatic N) is 1. The number of hydrogen-bond acceptors (Lipinski definition) is 5. The van der Waals surface area contributed by atoms with Gasteiger partial charge in [-0.3, -0.25) is 9.59 Å². The Hall–Kier alpha value is -1.64. The first-order valence-electron chi connectivity index (χ1n) is 15.1. The van der Waals surface area contributed by atoms with E-state index in [1.165, 1.54) is 5.57 Å². The van der Waals surface area contributed by atoms with Gasteiger partial charge in [0.2, 0.25) is 11.8 Å². The van der Waals surface area contributed by atoms with Crippen molar-refractivity contribution in [2.24, 2.45) is 5.73 Å². The zero-order valence-corrected chi connectivity index (χ0v) is 26.2. The minimum atomic E-state index is -0.878. The molecule has 0 aromatic heterocycles. The molecule has 0 spiro atoms. The predicted octanol–water partition coefficient (Wildman–Crippen LogP) is 5.97. The van der Waals surface area contributed by atoms with Crippen LogP contribution in [-0.4, -0.2) is 60.1 Å². The normalized spacial score (nSPS) is 20.4. The molecule has 0 radical (unpaired) electrons. The van der Waals surface area contributed by atoms with E-state index in [-0.39, 0.29) is 24.2 Å². The number of amides is 2. The molecular formula is C30H58BN3O4. The van der Waals surface area contributed by atoms with Gasteiger partial charge in [-0.15, -0.1) is 0 Å². The fourth-order valence-electron chi connectivity index (χ4n) is 4.37. The molecule has 7 nitrogen and oxygen atoms in total. The van der Waals surface area contributed by atoms with E-state index in [9.17, 15) is 9.59 Å². The van der Waals surface area contributed by atoms with Gasteiger partial charge in [-0.05, 0) is 72.6 Å². The van der Waals surface area contributed by atoms with E-state index in [1.807, 2.05) is 69.2 Å². The van der Waals surface area contributed by atoms with Gasteiger partial charge in [-0.2, -0.15) is 0 Å². The zero-order valence-electron chi connectivity index (χ0n) is 26.2. The van der Waals surface area contributed by atoms with Crippen LogP contribution in [-0.2, 0) is 18.9 Å². The summed E-state index contributed by atoms with van der Waals surface area (Å²) in [6.07, 6.45) is 13.5. The van der Waals surface area contributed by atoms with Crippen LogP contribution in [0.2, 0.25) is 0 Å². The Morgan fingerprint density at radius 1 is 1.00 bits per heavy atom. The summed E-state index contributed by atoms with van der Waals surface area (Å²) in [6.45, 7) is 21.5. The van der Waals surface area contributed by atoms with Crippen LogP contribution in [0.1, 0.15) is 121 Å². The summed E-state index contributed by atoms with van der Waals surface area (Å²) in [4.78, 5) is 27.1. The van der Waals surface area contributed by atoms with Crippen molar-refractivity contribution >= 4 is 18.9 Å². The number of likely N-dealkylation sites (tertiary alicyclic amines) is 1. The van der Waals surface area contributed by atoms with Gasteiger partial charge in [0.15, 0.2) is 0 Å². The average Bonchev–Trinajstić information content (AvgIpc) is 3.53. The third-order valence-corrected chi connectivity index (χ3v) is 7.17. The lowest BCUT2D eigenvalue weighted by Gasteiger charge is -2.32. The zero-order chi connectivity index (χ0) is 29.4. The highest BCUT2D eigenvalue weighted by Crippen LogP contribution is 2.38. The second kappa shape index (κ2) is 18.6. The summed E-state index contributed by atoms with van der Waals surface area (Å²) in [6, 6.07) is -0.878. The summed E-state index contributed by atoms with van der Waals surface area (Å²) in [5, 5.41) is 3.05. The molecule has 220 valence electrons. The summed E-state index contributed by atoms with van der Waals surface area (Å²) < 4.78 is 12.5. The van der Waals surface area contributed by atoms with Gasteiger partial charge < -0.3 is 25.3 Å². The van der Waals surface area contributed by atoms with Gasteiger partial charge in [0.05, 0.1) is 29.6 Å². The Morgan fingerprint density at radius 3 is 2.05 bits per heavy atom. The molecule has 0 aromatic carbocycles. The Bertz CT molecular complexity index is 730. The van der Waals surface area contributed by atoms with Crippen molar-refractivity contribution in [3.05, 3.63) is 23.8 Å². The lowest BCUT2D eigenvalue weighted by Crippen LogP contribution is -2.53. The number of allylic oxidation sites excluding steroid dienone is 4. The van der Waals surface area contributed by atoms with Crippen LogP contribution in [0, 0.1) is 0 Å². The topological polar surface area (TPSA) is 93.9 Å². The summed E-state index contributed by atoms with van der Waals surface area (Å²) in [7, 11) is -0.554. The molecule has 3 aliphatic rings. The van der Waals surface area contributed by atoms with Crippen molar-refractivity contribution < 1.29 is 18.9 Å². The van der Waals surface area contributed by atoms with E-state index in [1.54, 1.807) is 4.90 Å².